The van der Waals surface area contributed by atoms with Gasteiger partial charge in [0.1, 0.15) is 11.6 Å². The summed E-state index contributed by atoms with van der Waals surface area (Å²) in [4.78, 5) is 18.0. The van der Waals surface area contributed by atoms with Gasteiger partial charge in [0.05, 0.1) is 23.8 Å². The highest BCUT2D eigenvalue weighted by Gasteiger charge is 2.40. The lowest BCUT2D eigenvalue weighted by molar-refractivity contribution is 0.284. The van der Waals surface area contributed by atoms with Crippen molar-refractivity contribution in [1.82, 2.24) is 29.7 Å². The monoisotopic (exact) mass is 401 g/mol. The molecule has 0 amide bonds. The Hall–Kier alpha value is -3.55. The number of hydrogen-bond donors (Lipinski definition) is 1. The zero-order chi connectivity index (χ0) is 20.5. The van der Waals surface area contributed by atoms with Crippen molar-refractivity contribution in [1.29, 1.82) is 0 Å². The average Bonchev–Trinajstić information content (AvgIpc) is 3.42. The Labute approximate surface area is 174 Å². The van der Waals surface area contributed by atoms with Gasteiger partial charge < -0.3 is 10.1 Å². The van der Waals surface area contributed by atoms with Crippen LogP contribution < -0.4 is 10.1 Å². The molecule has 8 heteroatoms. The Balaban J connectivity index is 1.19. The number of nitrogens with zero attached hydrogens (tertiary/aromatic N) is 6. The highest BCUT2D eigenvalue weighted by atomic mass is 16.5. The molecule has 1 aliphatic rings. The third kappa shape index (κ3) is 4.07. The van der Waals surface area contributed by atoms with E-state index in [0.29, 0.717) is 36.7 Å². The van der Waals surface area contributed by atoms with Gasteiger partial charge in [-0.25, -0.2) is 4.98 Å². The lowest BCUT2D eigenvalue weighted by Crippen LogP contribution is -2.07. The van der Waals surface area contributed by atoms with E-state index in [-0.39, 0.29) is 0 Å². The first kappa shape index (κ1) is 18.5. The first-order valence-corrected chi connectivity index (χ1v) is 10.1. The van der Waals surface area contributed by atoms with Gasteiger partial charge in [0.15, 0.2) is 0 Å². The van der Waals surface area contributed by atoms with Crippen LogP contribution in [0.4, 0.5) is 5.82 Å². The molecule has 4 aromatic heterocycles. The maximum absolute atomic E-state index is 6.00. The maximum atomic E-state index is 6.00. The van der Waals surface area contributed by atoms with Gasteiger partial charge >= 0.3 is 0 Å². The molecule has 30 heavy (non-hydrogen) atoms. The quantitative estimate of drug-likeness (QED) is 0.508. The second-order valence-corrected chi connectivity index (χ2v) is 7.71. The molecule has 0 spiro atoms. The van der Waals surface area contributed by atoms with Gasteiger partial charge in [-0.1, -0.05) is 0 Å². The van der Waals surface area contributed by atoms with E-state index in [9.17, 15) is 0 Å². The molecule has 2 atom stereocenters. The van der Waals surface area contributed by atoms with Crippen molar-refractivity contribution in [2.75, 3.05) is 11.9 Å². The van der Waals surface area contributed by atoms with Gasteiger partial charge in [0.2, 0.25) is 5.88 Å². The van der Waals surface area contributed by atoms with Gasteiger partial charge in [-0.2, -0.15) is 10.1 Å². The molecule has 1 fully saturated rings. The minimum absolute atomic E-state index is 0.431. The summed E-state index contributed by atoms with van der Waals surface area (Å²) < 4.78 is 7.78. The van der Waals surface area contributed by atoms with Crippen LogP contribution >= 0.6 is 0 Å². The summed E-state index contributed by atoms with van der Waals surface area (Å²) in [5.74, 6) is 2.90. The number of pyridine rings is 2. The molecule has 0 radical (unpaired) electrons. The first-order chi connectivity index (χ1) is 14.6. The van der Waals surface area contributed by atoms with Gasteiger partial charge in [-0.15, -0.1) is 0 Å². The molecular formula is C22H23N7O. The number of nitrogens with one attached hydrogen (secondary N) is 1. The van der Waals surface area contributed by atoms with Crippen molar-refractivity contribution < 1.29 is 4.74 Å². The second kappa shape index (κ2) is 7.70. The van der Waals surface area contributed by atoms with Crippen LogP contribution in [0.25, 0.3) is 11.0 Å². The topological polar surface area (TPSA) is 90.6 Å². The number of fused-ring (bicyclic) bond motifs is 1. The molecule has 4 heterocycles. The maximum Gasteiger partial charge on any atom is 0.218 e. The van der Waals surface area contributed by atoms with Crippen LogP contribution in [-0.4, -0.2) is 36.3 Å². The molecule has 2 unspecified atom stereocenters. The van der Waals surface area contributed by atoms with Crippen LogP contribution in [0.15, 0.2) is 48.9 Å². The molecule has 5 rings (SSSR count). The highest BCUT2D eigenvalue weighted by molar-refractivity contribution is 5.73. The molecule has 152 valence electrons. The van der Waals surface area contributed by atoms with Crippen molar-refractivity contribution in [2.45, 2.75) is 25.8 Å². The zero-order valence-electron chi connectivity index (χ0n) is 17.0. The standard InChI is InChI=1S/C22H23N7O/c1-14-26-21(24-10-15-11-25-29(2)12-15)9-22(27-14)30-13-16-8-17(16)18-5-6-19-20(28-18)4-3-7-23-19/h3-7,9,11-12,16-17H,8,10,13H2,1-2H3,(H,24,26,27). The fourth-order valence-electron chi connectivity index (χ4n) is 3.63. The fourth-order valence-corrected chi connectivity index (χ4v) is 3.63. The number of aryl methyl sites for hydroxylation is 2. The van der Waals surface area contributed by atoms with Crippen molar-refractivity contribution in [3.05, 3.63) is 66.0 Å². The normalized spacial score (nSPS) is 17.8. The summed E-state index contributed by atoms with van der Waals surface area (Å²) >= 11 is 0. The van der Waals surface area contributed by atoms with Gasteiger partial charge in [0.25, 0.3) is 0 Å². The second-order valence-electron chi connectivity index (χ2n) is 7.71. The summed E-state index contributed by atoms with van der Waals surface area (Å²) in [6, 6.07) is 9.89. The lowest BCUT2D eigenvalue weighted by Gasteiger charge is -2.09. The molecule has 1 N–H and O–H groups in total. The van der Waals surface area contributed by atoms with E-state index >= 15 is 0 Å². The van der Waals surface area contributed by atoms with Crippen LogP contribution in [-0.2, 0) is 13.6 Å². The number of hydrogen-bond acceptors (Lipinski definition) is 7. The van der Waals surface area contributed by atoms with Crippen LogP contribution in [0.1, 0.15) is 29.4 Å². The molecule has 1 aliphatic carbocycles. The van der Waals surface area contributed by atoms with Crippen molar-refractivity contribution in [2.24, 2.45) is 13.0 Å². The zero-order valence-corrected chi connectivity index (χ0v) is 17.0. The molecule has 0 aliphatic heterocycles. The van der Waals surface area contributed by atoms with E-state index in [0.717, 1.165) is 34.5 Å². The van der Waals surface area contributed by atoms with Crippen LogP contribution in [0.2, 0.25) is 0 Å². The molecule has 0 saturated heterocycles. The van der Waals surface area contributed by atoms with E-state index in [1.807, 2.05) is 50.6 Å². The Morgan fingerprint density at radius 1 is 1.17 bits per heavy atom. The molecule has 4 aromatic rings. The third-order valence-electron chi connectivity index (χ3n) is 5.27. The minimum Gasteiger partial charge on any atom is -0.477 e. The van der Waals surface area contributed by atoms with Gasteiger partial charge in [-0.05, 0) is 37.6 Å². The largest absolute Gasteiger partial charge is 0.477 e. The predicted molar refractivity (Wildman–Crippen MR) is 113 cm³/mol. The van der Waals surface area contributed by atoms with Crippen molar-refractivity contribution in [3.63, 3.8) is 0 Å². The van der Waals surface area contributed by atoms with E-state index in [1.165, 1.54) is 0 Å². The minimum atomic E-state index is 0.431. The van der Waals surface area contributed by atoms with Crippen LogP contribution in [0.5, 0.6) is 5.88 Å². The lowest BCUT2D eigenvalue weighted by atomic mass is 10.2. The van der Waals surface area contributed by atoms with Crippen molar-refractivity contribution in [3.8, 4) is 5.88 Å². The average molecular weight is 401 g/mol. The van der Waals surface area contributed by atoms with Crippen LogP contribution in [0.3, 0.4) is 0 Å². The Bertz CT molecular complexity index is 1190. The smallest absolute Gasteiger partial charge is 0.218 e. The Kier molecular flexibility index (Phi) is 4.74. The van der Waals surface area contributed by atoms with E-state index in [1.54, 1.807) is 10.9 Å². The van der Waals surface area contributed by atoms with Gasteiger partial charge in [-0.3, -0.25) is 14.6 Å². The van der Waals surface area contributed by atoms with E-state index in [4.69, 9.17) is 9.72 Å². The highest BCUT2D eigenvalue weighted by Crippen LogP contribution is 2.47. The number of ether oxygens (including phenoxy) is 1. The van der Waals surface area contributed by atoms with Crippen molar-refractivity contribution >= 4 is 16.9 Å². The molecule has 8 nitrogen and oxygen atoms in total. The Morgan fingerprint density at radius 2 is 2.10 bits per heavy atom. The third-order valence-corrected chi connectivity index (χ3v) is 5.27. The fraction of sp³-hybridized carbons (Fsp3) is 0.318. The summed E-state index contributed by atoms with van der Waals surface area (Å²) in [7, 11) is 1.90. The number of rotatable bonds is 7. The molecular weight excluding hydrogens is 378 g/mol. The predicted octanol–water partition coefficient (Wildman–Crippen LogP) is 3.26. The van der Waals surface area contributed by atoms with E-state index in [2.05, 4.69) is 31.4 Å². The summed E-state index contributed by atoms with van der Waals surface area (Å²) in [5, 5.41) is 7.49. The Morgan fingerprint density at radius 3 is 2.97 bits per heavy atom. The summed E-state index contributed by atoms with van der Waals surface area (Å²) in [6.45, 7) is 3.14. The summed E-state index contributed by atoms with van der Waals surface area (Å²) in [5.41, 5.74) is 4.08. The molecule has 1 saturated carbocycles. The first-order valence-electron chi connectivity index (χ1n) is 10.1. The van der Waals surface area contributed by atoms with Gasteiger partial charge in [0, 0.05) is 55.1 Å². The van der Waals surface area contributed by atoms with E-state index < -0.39 is 0 Å². The number of anilines is 1. The van der Waals surface area contributed by atoms with Crippen LogP contribution in [0, 0.1) is 12.8 Å². The summed E-state index contributed by atoms with van der Waals surface area (Å²) in [6.07, 6.45) is 6.68. The molecule has 0 aromatic carbocycles. The molecule has 0 bridgehead atoms. The SMILES string of the molecule is Cc1nc(NCc2cnn(C)c2)cc(OCC2CC2c2ccc3ncccc3n2)n1. The number of aromatic nitrogens is 6.